The highest BCUT2D eigenvalue weighted by atomic mass is 16.5. The number of nitrogens with zero attached hydrogens (tertiary/aromatic N) is 1. The maximum Gasteiger partial charge on any atom is 0.260 e. The first-order chi connectivity index (χ1) is 9.10. The van der Waals surface area contributed by atoms with Crippen molar-refractivity contribution in [3.63, 3.8) is 0 Å². The number of ether oxygens (including phenoxy) is 1. The Kier molecular flexibility index (Phi) is 6.40. The normalized spacial score (nSPS) is 10.3. The molecule has 106 valence electrons. The minimum Gasteiger partial charge on any atom is -0.483 e. The summed E-state index contributed by atoms with van der Waals surface area (Å²) in [7, 11) is 0. The quantitative estimate of drug-likeness (QED) is 0.755. The highest BCUT2D eigenvalue weighted by Crippen LogP contribution is 2.22. The molecular weight excluding hydrogens is 238 g/mol. The van der Waals surface area contributed by atoms with Crippen molar-refractivity contribution in [3.8, 4) is 5.75 Å². The lowest BCUT2D eigenvalue weighted by Crippen LogP contribution is -2.35. The Hall–Kier alpha value is -1.51. The van der Waals surface area contributed by atoms with E-state index < -0.39 is 0 Å². The molecule has 0 saturated heterocycles. The van der Waals surface area contributed by atoms with Gasteiger partial charge in [-0.25, -0.2) is 0 Å². The number of amides is 1. The number of para-hydroxylation sites is 1. The zero-order valence-electron chi connectivity index (χ0n) is 12.5. The topological polar surface area (TPSA) is 29.5 Å². The van der Waals surface area contributed by atoms with Gasteiger partial charge < -0.3 is 9.64 Å². The van der Waals surface area contributed by atoms with Gasteiger partial charge in [0.2, 0.25) is 0 Å². The van der Waals surface area contributed by atoms with Gasteiger partial charge >= 0.3 is 0 Å². The molecule has 0 radical (unpaired) electrons. The molecule has 0 unspecified atom stereocenters. The van der Waals surface area contributed by atoms with Crippen LogP contribution in [-0.4, -0.2) is 30.5 Å². The number of unbranched alkanes of at least 4 members (excludes halogenated alkanes) is 1. The number of aryl methyl sites for hydroxylation is 2. The molecule has 1 aromatic rings. The van der Waals surface area contributed by atoms with E-state index in [2.05, 4.69) is 6.92 Å². The summed E-state index contributed by atoms with van der Waals surface area (Å²) in [6.45, 7) is 9.83. The van der Waals surface area contributed by atoms with Crippen molar-refractivity contribution in [1.82, 2.24) is 4.90 Å². The van der Waals surface area contributed by atoms with E-state index in [1.54, 1.807) is 0 Å². The van der Waals surface area contributed by atoms with Crippen LogP contribution in [0.1, 0.15) is 37.8 Å². The van der Waals surface area contributed by atoms with Crippen LogP contribution in [-0.2, 0) is 4.79 Å². The first-order valence-electron chi connectivity index (χ1n) is 7.06. The highest BCUT2D eigenvalue weighted by Gasteiger charge is 2.13. The van der Waals surface area contributed by atoms with Gasteiger partial charge in [0.15, 0.2) is 6.61 Å². The molecule has 1 amide bonds. The van der Waals surface area contributed by atoms with E-state index in [1.165, 1.54) is 0 Å². The van der Waals surface area contributed by atoms with Crippen molar-refractivity contribution in [1.29, 1.82) is 0 Å². The third kappa shape index (κ3) is 4.58. The van der Waals surface area contributed by atoms with Crippen LogP contribution in [0.4, 0.5) is 0 Å². The van der Waals surface area contributed by atoms with E-state index in [-0.39, 0.29) is 12.5 Å². The first kappa shape index (κ1) is 15.5. The van der Waals surface area contributed by atoms with Crippen LogP contribution in [0.5, 0.6) is 5.75 Å². The second kappa shape index (κ2) is 7.82. The molecule has 0 aliphatic heterocycles. The van der Waals surface area contributed by atoms with Gasteiger partial charge in [-0.3, -0.25) is 4.79 Å². The molecule has 3 heteroatoms. The van der Waals surface area contributed by atoms with Crippen molar-refractivity contribution in [2.75, 3.05) is 19.7 Å². The van der Waals surface area contributed by atoms with Crippen LogP contribution in [0.15, 0.2) is 18.2 Å². The summed E-state index contributed by atoms with van der Waals surface area (Å²) < 4.78 is 5.70. The van der Waals surface area contributed by atoms with Crippen LogP contribution in [0.2, 0.25) is 0 Å². The molecule has 0 saturated carbocycles. The number of carbonyl (C=O) groups is 1. The predicted molar refractivity (Wildman–Crippen MR) is 78.6 cm³/mol. The molecule has 1 rings (SSSR count). The Morgan fingerprint density at radius 3 is 2.37 bits per heavy atom. The van der Waals surface area contributed by atoms with E-state index in [0.29, 0.717) is 0 Å². The molecule has 0 N–H and O–H groups in total. The lowest BCUT2D eigenvalue weighted by molar-refractivity contribution is -0.133. The number of benzene rings is 1. The lowest BCUT2D eigenvalue weighted by Gasteiger charge is -2.21. The van der Waals surface area contributed by atoms with Crippen LogP contribution in [0.3, 0.4) is 0 Å². The van der Waals surface area contributed by atoms with Gasteiger partial charge in [-0.15, -0.1) is 0 Å². The zero-order chi connectivity index (χ0) is 14.3. The average molecular weight is 263 g/mol. The zero-order valence-corrected chi connectivity index (χ0v) is 12.5. The van der Waals surface area contributed by atoms with Gasteiger partial charge in [-0.05, 0) is 38.3 Å². The molecule has 0 heterocycles. The SMILES string of the molecule is CCCCN(CC)C(=O)COc1c(C)cccc1C. The van der Waals surface area contributed by atoms with Gasteiger partial charge in [-0.1, -0.05) is 31.5 Å². The Labute approximate surface area is 116 Å². The van der Waals surface area contributed by atoms with Crippen molar-refractivity contribution >= 4 is 5.91 Å². The fourth-order valence-corrected chi connectivity index (χ4v) is 2.06. The summed E-state index contributed by atoms with van der Waals surface area (Å²) in [6.07, 6.45) is 2.14. The Morgan fingerprint density at radius 2 is 1.84 bits per heavy atom. The van der Waals surface area contributed by atoms with E-state index in [0.717, 1.165) is 42.8 Å². The summed E-state index contributed by atoms with van der Waals surface area (Å²) in [6, 6.07) is 6.00. The van der Waals surface area contributed by atoms with Crippen LogP contribution in [0.25, 0.3) is 0 Å². The fraction of sp³-hybridized carbons (Fsp3) is 0.562. The highest BCUT2D eigenvalue weighted by molar-refractivity contribution is 5.77. The van der Waals surface area contributed by atoms with Crippen molar-refractivity contribution in [3.05, 3.63) is 29.3 Å². The molecule has 0 aromatic heterocycles. The fourth-order valence-electron chi connectivity index (χ4n) is 2.06. The summed E-state index contributed by atoms with van der Waals surface area (Å²) in [5.74, 6) is 0.904. The van der Waals surface area contributed by atoms with Crippen molar-refractivity contribution in [2.24, 2.45) is 0 Å². The largest absolute Gasteiger partial charge is 0.483 e. The number of carbonyl (C=O) groups excluding carboxylic acids is 1. The first-order valence-corrected chi connectivity index (χ1v) is 7.06. The second-order valence-corrected chi connectivity index (χ2v) is 4.84. The minimum atomic E-state index is 0.0682. The summed E-state index contributed by atoms with van der Waals surface area (Å²) in [5, 5.41) is 0. The van der Waals surface area contributed by atoms with Crippen molar-refractivity contribution < 1.29 is 9.53 Å². The minimum absolute atomic E-state index is 0.0682. The molecule has 0 fully saturated rings. The molecule has 1 aromatic carbocycles. The molecule has 0 bridgehead atoms. The van der Waals surface area contributed by atoms with E-state index in [4.69, 9.17) is 4.74 Å². The average Bonchev–Trinajstić information content (AvgIpc) is 2.39. The molecular formula is C16H25NO2. The molecule has 0 aliphatic carbocycles. The molecule has 19 heavy (non-hydrogen) atoms. The number of hydrogen-bond acceptors (Lipinski definition) is 2. The predicted octanol–water partition coefficient (Wildman–Crippen LogP) is 3.33. The molecule has 0 aliphatic rings. The standard InChI is InChI=1S/C16H25NO2/c1-5-7-11-17(6-2)15(18)12-19-16-13(3)9-8-10-14(16)4/h8-10H,5-7,11-12H2,1-4H3. The summed E-state index contributed by atoms with van der Waals surface area (Å²) >= 11 is 0. The van der Waals surface area contributed by atoms with Crippen molar-refractivity contribution in [2.45, 2.75) is 40.5 Å². The van der Waals surface area contributed by atoms with Gasteiger partial charge in [-0.2, -0.15) is 0 Å². The van der Waals surface area contributed by atoms with E-state index in [1.807, 2.05) is 43.9 Å². The van der Waals surface area contributed by atoms with Gasteiger partial charge in [0.25, 0.3) is 5.91 Å². The Balaban J connectivity index is 2.57. The van der Waals surface area contributed by atoms with E-state index >= 15 is 0 Å². The second-order valence-electron chi connectivity index (χ2n) is 4.84. The number of rotatable bonds is 7. The Morgan fingerprint density at radius 1 is 1.21 bits per heavy atom. The molecule has 3 nitrogen and oxygen atoms in total. The van der Waals surface area contributed by atoms with Gasteiger partial charge in [0, 0.05) is 13.1 Å². The van der Waals surface area contributed by atoms with Gasteiger partial charge in [0.05, 0.1) is 0 Å². The van der Waals surface area contributed by atoms with Gasteiger partial charge in [0.1, 0.15) is 5.75 Å². The maximum absolute atomic E-state index is 12.1. The third-order valence-electron chi connectivity index (χ3n) is 3.26. The maximum atomic E-state index is 12.1. The van der Waals surface area contributed by atoms with Crippen LogP contribution >= 0.6 is 0 Å². The number of likely N-dealkylation sites (N-methyl/N-ethyl adjacent to an activating group) is 1. The van der Waals surface area contributed by atoms with E-state index in [9.17, 15) is 4.79 Å². The Bertz CT molecular complexity index is 395. The lowest BCUT2D eigenvalue weighted by atomic mass is 10.1. The molecule has 0 spiro atoms. The van der Waals surface area contributed by atoms with Crippen LogP contribution < -0.4 is 4.74 Å². The third-order valence-corrected chi connectivity index (χ3v) is 3.26. The smallest absolute Gasteiger partial charge is 0.260 e. The monoisotopic (exact) mass is 263 g/mol. The molecule has 0 atom stereocenters. The summed E-state index contributed by atoms with van der Waals surface area (Å²) in [5.41, 5.74) is 2.15. The van der Waals surface area contributed by atoms with Crippen LogP contribution in [0, 0.1) is 13.8 Å². The number of hydrogen-bond donors (Lipinski definition) is 0. The summed E-state index contributed by atoms with van der Waals surface area (Å²) in [4.78, 5) is 13.9.